The monoisotopic (exact) mass is 257 g/mol. The van der Waals surface area contributed by atoms with Crippen LogP contribution in [-0.4, -0.2) is 47.2 Å². The molecule has 100 valence electrons. The molecule has 2 rings (SSSR count). The first-order valence-electron chi connectivity index (χ1n) is 6.96. The molecule has 0 N–H and O–H groups in total. The summed E-state index contributed by atoms with van der Waals surface area (Å²) in [5, 5.41) is 0. The van der Waals surface area contributed by atoms with Crippen LogP contribution < -0.4 is 0 Å². The van der Waals surface area contributed by atoms with E-state index in [1.54, 1.807) is 0 Å². The van der Waals surface area contributed by atoms with Crippen molar-refractivity contribution in [2.75, 3.05) is 26.7 Å². The van der Waals surface area contributed by atoms with Crippen molar-refractivity contribution in [1.29, 1.82) is 0 Å². The van der Waals surface area contributed by atoms with Crippen LogP contribution in [0.5, 0.6) is 0 Å². The van der Waals surface area contributed by atoms with Gasteiger partial charge in [0.1, 0.15) is 7.36 Å². The van der Waals surface area contributed by atoms with Crippen LogP contribution in [0.2, 0.25) is 0 Å². The zero-order chi connectivity index (χ0) is 12.7. The molecule has 0 amide bonds. The minimum atomic E-state index is -1.41. The van der Waals surface area contributed by atoms with Crippen molar-refractivity contribution in [3.63, 3.8) is 0 Å². The van der Waals surface area contributed by atoms with Gasteiger partial charge in [-0.3, -0.25) is 14.1 Å². The second-order valence-electron chi connectivity index (χ2n) is 6.57. The molecule has 2 heterocycles. The Hall–Kier alpha value is 0.150. The summed E-state index contributed by atoms with van der Waals surface area (Å²) in [6.07, 6.45) is 4.02. The molecule has 2 saturated heterocycles. The molecule has 0 aromatic rings. The predicted molar refractivity (Wildman–Crippen MR) is 76.6 cm³/mol. The number of hydrogen-bond donors (Lipinski definition) is 0. The van der Waals surface area contributed by atoms with Crippen molar-refractivity contribution in [2.24, 2.45) is 4.74 Å². The van der Waals surface area contributed by atoms with Crippen LogP contribution in [0.4, 0.5) is 0 Å². The minimum absolute atomic E-state index is 0.0865. The highest BCUT2D eigenvalue weighted by Gasteiger charge is 2.43. The molecule has 2 unspecified atom stereocenters. The second kappa shape index (κ2) is 4.68. The fraction of sp³-hybridized carbons (Fsp3) is 1.00. The van der Waals surface area contributed by atoms with E-state index in [2.05, 4.69) is 44.1 Å². The Kier molecular flexibility index (Phi) is 3.74. The van der Waals surface area contributed by atoms with Crippen LogP contribution in [0.25, 0.3) is 0 Å². The standard InChI is InChI=1S/C13H28N3P/c1-12-8-6-10-16-11-7-9-15(5)17(12,16)14-13(2,3)4/h12H,6-11H2,1-5H3. The molecule has 0 saturated carbocycles. The van der Waals surface area contributed by atoms with Gasteiger partial charge in [-0.2, -0.15) is 0 Å². The fourth-order valence-electron chi connectivity index (χ4n) is 3.29. The van der Waals surface area contributed by atoms with Crippen LogP contribution in [0.1, 0.15) is 47.0 Å². The van der Waals surface area contributed by atoms with E-state index in [0.29, 0.717) is 0 Å². The number of rotatable bonds is 0. The maximum Gasteiger partial charge on any atom is 0.100 e. The van der Waals surface area contributed by atoms with Gasteiger partial charge >= 0.3 is 0 Å². The molecule has 0 radical (unpaired) electrons. The van der Waals surface area contributed by atoms with Crippen LogP contribution in [0, 0.1) is 0 Å². The van der Waals surface area contributed by atoms with Crippen molar-refractivity contribution in [3.05, 3.63) is 0 Å². The third-order valence-corrected chi connectivity index (χ3v) is 8.67. The average molecular weight is 257 g/mol. The smallest absolute Gasteiger partial charge is 0.100 e. The van der Waals surface area contributed by atoms with E-state index in [1.165, 1.54) is 38.9 Å². The zero-order valence-electron chi connectivity index (χ0n) is 12.1. The maximum atomic E-state index is 5.35. The van der Waals surface area contributed by atoms with Gasteiger partial charge in [-0.1, -0.05) is 6.92 Å². The molecule has 0 aromatic heterocycles. The Balaban J connectivity index is 2.49. The predicted octanol–water partition coefficient (Wildman–Crippen LogP) is 3.64. The van der Waals surface area contributed by atoms with Gasteiger partial charge in [0, 0.05) is 25.3 Å². The van der Waals surface area contributed by atoms with E-state index >= 15 is 0 Å². The molecule has 4 heteroatoms. The Labute approximate surface area is 107 Å². The van der Waals surface area contributed by atoms with E-state index in [1.807, 2.05) is 0 Å². The lowest BCUT2D eigenvalue weighted by Gasteiger charge is -2.53. The molecule has 0 spiro atoms. The van der Waals surface area contributed by atoms with Gasteiger partial charge in [0.2, 0.25) is 0 Å². The van der Waals surface area contributed by atoms with Crippen molar-refractivity contribution < 1.29 is 0 Å². The molecule has 2 fully saturated rings. The number of hydrogen-bond acceptors (Lipinski definition) is 1. The van der Waals surface area contributed by atoms with Gasteiger partial charge < -0.3 is 0 Å². The molecular formula is C13H28N3P. The normalized spacial score (nSPS) is 36.6. The first-order chi connectivity index (χ1) is 7.86. The third-order valence-electron chi connectivity index (χ3n) is 3.89. The molecule has 2 aliphatic heterocycles. The first kappa shape index (κ1) is 13.6. The van der Waals surface area contributed by atoms with Crippen LogP contribution in [0.3, 0.4) is 0 Å². The summed E-state index contributed by atoms with van der Waals surface area (Å²) in [5.74, 6) is 0. The van der Waals surface area contributed by atoms with E-state index in [-0.39, 0.29) is 5.54 Å². The maximum absolute atomic E-state index is 5.35. The van der Waals surface area contributed by atoms with Gasteiger partial charge in [-0.05, 0) is 47.1 Å². The summed E-state index contributed by atoms with van der Waals surface area (Å²) in [4.78, 5) is 0. The summed E-state index contributed by atoms with van der Waals surface area (Å²) < 4.78 is 10.7. The van der Waals surface area contributed by atoms with Crippen LogP contribution in [-0.2, 0) is 0 Å². The SMILES string of the molecule is CC1CCCN2CCCN(C)P12=NC(C)(C)C. The Bertz CT molecular complexity index is 312. The number of nitrogens with zero attached hydrogens (tertiary/aromatic N) is 3. The molecule has 2 atom stereocenters. The summed E-state index contributed by atoms with van der Waals surface area (Å²) in [6, 6.07) is 0. The largest absolute Gasteiger partial charge is 0.268 e. The van der Waals surface area contributed by atoms with Gasteiger partial charge in [0.15, 0.2) is 0 Å². The van der Waals surface area contributed by atoms with Crippen molar-refractivity contribution in [1.82, 2.24) is 9.34 Å². The Morgan fingerprint density at radius 1 is 1.12 bits per heavy atom. The molecular weight excluding hydrogens is 229 g/mol. The first-order valence-corrected chi connectivity index (χ1v) is 8.68. The average Bonchev–Trinajstić information content (AvgIpc) is 2.20. The molecule has 3 nitrogen and oxygen atoms in total. The Morgan fingerprint density at radius 3 is 2.41 bits per heavy atom. The summed E-state index contributed by atoms with van der Waals surface area (Å²) in [5.41, 5.74) is 0.837. The lowest BCUT2D eigenvalue weighted by atomic mass is 10.1. The van der Waals surface area contributed by atoms with Gasteiger partial charge in [0.05, 0.1) is 5.54 Å². The van der Waals surface area contributed by atoms with Gasteiger partial charge in [0.25, 0.3) is 0 Å². The van der Waals surface area contributed by atoms with Crippen molar-refractivity contribution in [2.45, 2.75) is 58.2 Å². The molecule has 17 heavy (non-hydrogen) atoms. The summed E-state index contributed by atoms with van der Waals surface area (Å²) in [7, 11) is 0.896. The summed E-state index contributed by atoms with van der Waals surface area (Å²) >= 11 is 0. The zero-order valence-corrected chi connectivity index (χ0v) is 13.0. The highest BCUT2D eigenvalue weighted by molar-refractivity contribution is 7.62. The number of fused-ring (bicyclic) bond motifs is 1. The van der Waals surface area contributed by atoms with E-state index in [4.69, 9.17) is 4.74 Å². The molecule has 2 aliphatic rings. The molecule has 0 aliphatic carbocycles. The van der Waals surface area contributed by atoms with E-state index in [9.17, 15) is 0 Å². The quantitative estimate of drug-likeness (QED) is 0.617. The van der Waals surface area contributed by atoms with Crippen molar-refractivity contribution in [3.8, 4) is 0 Å². The van der Waals surface area contributed by atoms with Crippen LogP contribution in [0.15, 0.2) is 4.74 Å². The van der Waals surface area contributed by atoms with E-state index in [0.717, 1.165) is 5.66 Å². The van der Waals surface area contributed by atoms with Gasteiger partial charge in [-0.25, -0.2) is 0 Å². The highest BCUT2D eigenvalue weighted by atomic mass is 31.2. The van der Waals surface area contributed by atoms with Gasteiger partial charge in [-0.15, -0.1) is 0 Å². The van der Waals surface area contributed by atoms with E-state index < -0.39 is 7.36 Å². The lowest BCUT2D eigenvalue weighted by Crippen LogP contribution is -2.45. The van der Waals surface area contributed by atoms with Crippen LogP contribution >= 0.6 is 7.36 Å². The Morgan fingerprint density at radius 2 is 1.76 bits per heavy atom. The second-order valence-corrected chi connectivity index (χ2v) is 10.1. The fourth-order valence-corrected chi connectivity index (χ4v) is 8.15. The minimum Gasteiger partial charge on any atom is -0.268 e. The topological polar surface area (TPSA) is 18.8 Å². The lowest BCUT2D eigenvalue weighted by molar-refractivity contribution is 0.301. The van der Waals surface area contributed by atoms with Crippen molar-refractivity contribution >= 4 is 7.36 Å². The molecule has 0 aromatic carbocycles. The summed E-state index contributed by atoms with van der Waals surface area (Å²) in [6.45, 7) is 13.0. The molecule has 0 bridgehead atoms. The third kappa shape index (κ3) is 2.47. The highest BCUT2D eigenvalue weighted by Crippen LogP contribution is 2.65.